The van der Waals surface area contributed by atoms with Crippen molar-refractivity contribution < 1.29 is 0 Å². The van der Waals surface area contributed by atoms with Gasteiger partial charge in [-0.2, -0.15) is 0 Å². The fourth-order valence-electron chi connectivity index (χ4n) is 16.0. The molecule has 2 aliphatic carbocycles. The molecular formula is C64H72BN3S. The Balaban J connectivity index is 1.20. The summed E-state index contributed by atoms with van der Waals surface area (Å²) in [4.78, 5) is 8.67. The predicted molar refractivity (Wildman–Crippen MR) is 301 cm³/mol. The van der Waals surface area contributed by atoms with Gasteiger partial charge in [-0.3, -0.25) is 0 Å². The number of anilines is 7. The summed E-state index contributed by atoms with van der Waals surface area (Å²) in [7, 11) is 0. The maximum Gasteiger partial charge on any atom is 0.254 e. The minimum atomic E-state index is -0.0928. The molecule has 7 aromatic rings. The minimum absolute atomic E-state index is 0.0160. The molecule has 352 valence electrons. The minimum Gasteiger partial charge on any atom is -0.335 e. The molecule has 5 heterocycles. The molecule has 0 saturated heterocycles. The molecule has 6 aliphatic rings. The highest BCUT2D eigenvalue weighted by molar-refractivity contribution is 7.28. The summed E-state index contributed by atoms with van der Waals surface area (Å²) in [5.41, 5.74) is 25.8. The van der Waals surface area contributed by atoms with Crippen molar-refractivity contribution in [3.63, 3.8) is 0 Å². The van der Waals surface area contributed by atoms with Crippen molar-refractivity contribution in [3.8, 4) is 0 Å². The van der Waals surface area contributed by atoms with Crippen molar-refractivity contribution in [3.05, 3.63) is 129 Å². The maximum atomic E-state index is 2.99. The molecule has 4 unspecified atom stereocenters. The largest absolute Gasteiger partial charge is 0.335 e. The zero-order valence-corrected chi connectivity index (χ0v) is 44.9. The van der Waals surface area contributed by atoms with E-state index in [0.29, 0.717) is 0 Å². The van der Waals surface area contributed by atoms with E-state index in [0.717, 1.165) is 0 Å². The number of fused-ring (bicyclic) bond motifs is 14. The third-order valence-corrected chi connectivity index (χ3v) is 21.1. The highest BCUT2D eigenvalue weighted by atomic mass is 32.1. The molecule has 13 rings (SSSR count). The number of nitrogens with zero attached hydrogens (tertiary/aromatic N) is 3. The molecule has 2 saturated carbocycles. The molecule has 6 aromatic carbocycles. The Hall–Kier alpha value is -5.00. The first-order chi connectivity index (χ1) is 32.6. The van der Waals surface area contributed by atoms with Crippen LogP contribution < -0.4 is 31.1 Å². The number of hydrogen-bond acceptors (Lipinski definition) is 4. The summed E-state index contributed by atoms with van der Waals surface area (Å²) >= 11 is 2.02. The molecule has 4 atom stereocenters. The highest BCUT2D eigenvalue weighted by Gasteiger charge is 2.63. The third-order valence-electron chi connectivity index (χ3n) is 19.9. The van der Waals surface area contributed by atoms with Gasteiger partial charge in [0.15, 0.2) is 0 Å². The van der Waals surface area contributed by atoms with E-state index in [2.05, 4.69) is 197 Å². The first-order valence-corrected chi connectivity index (χ1v) is 27.4. The van der Waals surface area contributed by atoms with Gasteiger partial charge in [0.05, 0.1) is 16.8 Å². The van der Waals surface area contributed by atoms with E-state index in [1.54, 1.807) is 16.6 Å². The van der Waals surface area contributed by atoms with Crippen LogP contribution in [0.4, 0.5) is 39.8 Å². The summed E-state index contributed by atoms with van der Waals surface area (Å²) in [5, 5.41) is 2.76. The van der Waals surface area contributed by atoms with Crippen molar-refractivity contribution in [2.24, 2.45) is 0 Å². The van der Waals surface area contributed by atoms with E-state index >= 15 is 0 Å². The molecule has 1 aromatic heterocycles. The van der Waals surface area contributed by atoms with Gasteiger partial charge < -0.3 is 14.7 Å². The molecule has 5 heteroatoms. The predicted octanol–water partition coefficient (Wildman–Crippen LogP) is 16.0. The standard InChI is InChI=1S/C64H72BN3S/c1-37-31-38(2)53-57-52(37)62(12)28-18-20-30-64(62,14)68(57)50-36-43(67-47-25-23-41(59(5,6)7)34-46(47)61(11)27-17-19-29-63(61,67)13)35-49-54(50)65(53)55-48(26-24-45-44-21-15-16-22-51(44)69-58(45)55)66(49)56-39(3)32-42(33-40(56)4)60(8,9)10/h15-16,21-26,31-36H,17-20,27-30H2,1-14H3. The fraction of sp³-hybridized carbons (Fsp3) is 0.438. The highest BCUT2D eigenvalue weighted by Crippen LogP contribution is 2.66. The second-order valence-corrected chi connectivity index (χ2v) is 26.8. The molecule has 69 heavy (non-hydrogen) atoms. The van der Waals surface area contributed by atoms with Gasteiger partial charge in [0.25, 0.3) is 6.71 Å². The van der Waals surface area contributed by atoms with Gasteiger partial charge >= 0.3 is 0 Å². The van der Waals surface area contributed by atoms with E-state index in [-0.39, 0.29) is 39.5 Å². The lowest BCUT2D eigenvalue weighted by molar-refractivity contribution is 0.193. The lowest BCUT2D eigenvalue weighted by Crippen LogP contribution is -2.65. The van der Waals surface area contributed by atoms with Crippen LogP contribution >= 0.6 is 11.3 Å². The van der Waals surface area contributed by atoms with Gasteiger partial charge in [-0.15, -0.1) is 11.3 Å². The quantitative estimate of drug-likeness (QED) is 0.160. The summed E-state index contributed by atoms with van der Waals surface area (Å²) in [5.74, 6) is 0. The monoisotopic (exact) mass is 926 g/mol. The number of benzene rings is 6. The average Bonchev–Trinajstić information content (AvgIpc) is 3.84. The third kappa shape index (κ3) is 5.42. The Morgan fingerprint density at radius 2 is 1.13 bits per heavy atom. The van der Waals surface area contributed by atoms with Crippen LogP contribution in [0.5, 0.6) is 0 Å². The summed E-state index contributed by atoms with van der Waals surface area (Å²) < 4.78 is 2.81. The summed E-state index contributed by atoms with van der Waals surface area (Å²) in [6.07, 6.45) is 9.86. The Morgan fingerprint density at radius 3 is 1.83 bits per heavy atom. The lowest BCUT2D eigenvalue weighted by atomic mass is 9.32. The van der Waals surface area contributed by atoms with Crippen LogP contribution in [-0.4, -0.2) is 17.8 Å². The Kier molecular flexibility index (Phi) is 8.86. The normalized spacial score (nSPS) is 25.5. The second kappa shape index (κ2) is 13.9. The molecule has 0 spiro atoms. The number of thiophene rings is 1. The van der Waals surface area contributed by atoms with Crippen LogP contribution in [0.3, 0.4) is 0 Å². The molecule has 2 fully saturated rings. The first-order valence-electron chi connectivity index (χ1n) is 26.6. The van der Waals surface area contributed by atoms with Crippen LogP contribution in [-0.2, 0) is 21.7 Å². The topological polar surface area (TPSA) is 9.72 Å². The van der Waals surface area contributed by atoms with Gasteiger partial charge in [0, 0.05) is 59.7 Å². The number of aryl methyl sites for hydroxylation is 4. The zero-order chi connectivity index (χ0) is 48.3. The Bertz CT molecular complexity index is 3390. The van der Waals surface area contributed by atoms with Crippen LogP contribution in [0, 0.1) is 27.7 Å². The van der Waals surface area contributed by atoms with Crippen molar-refractivity contribution >= 4 is 94.4 Å². The van der Waals surface area contributed by atoms with E-state index < -0.39 is 0 Å². The molecule has 3 nitrogen and oxygen atoms in total. The summed E-state index contributed by atoms with van der Waals surface area (Å²) in [6.45, 7) is 34.6. The van der Waals surface area contributed by atoms with Crippen LogP contribution in [0.1, 0.15) is 165 Å². The molecule has 0 bridgehead atoms. The van der Waals surface area contributed by atoms with E-state index in [1.165, 1.54) is 156 Å². The smallest absolute Gasteiger partial charge is 0.254 e. The molecule has 0 N–H and O–H groups in total. The van der Waals surface area contributed by atoms with Crippen LogP contribution in [0.2, 0.25) is 0 Å². The average molecular weight is 926 g/mol. The molecular weight excluding hydrogens is 854 g/mol. The van der Waals surface area contributed by atoms with E-state index in [4.69, 9.17) is 0 Å². The SMILES string of the molecule is Cc1cc(C)c2c3c1B1c4c(cc(N5c6ccc(C(C)(C)C)cc6C6(C)CCCCC56C)cc4N3C3(C)CCCCC23C)N(c2c(C)cc(C(C)(C)C)cc2C)c2ccc3c(sc4ccccc43)c21. The lowest BCUT2D eigenvalue weighted by Gasteiger charge is -2.54. The maximum absolute atomic E-state index is 2.99. The van der Waals surface area contributed by atoms with Gasteiger partial charge in [-0.25, -0.2) is 0 Å². The van der Waals surface area contributed by atoms with Crippen molar-refractivity contribution in [2.75, 3.05) is 14.7 Å². The van der Waals surface area contributed by atoms with Gasteiger partial charge in [-0.05, 0) is 169 Å². The van der Waals surface area contributed by atoms with Crippen LogP contribution in [0.25, 0.3) is 20.2 Å². The fourth-order valence-corrected chi connectivity index (χ4v) is 17.3. The number of rotatable bonds is 2. The van der Waals surface area contributed by atoms with Crippen molar-refractivity contribution in [2.45, 2.75) is 181 Å². The molecule has 0 amide bonds. The van der Waals surface area contributed by atoms with Crippen molar-refractivity contribution in [1.29, 1.82) is 0 Å². The number of hydrogen-bond donors (Lipinski definition) is 0. The Morgan fingerprint density at radius 1 is 0.507 bits per heavy atom. The Labute approximate surface area is 417 Å². The summed E-state index contributed by atoms with van der Waals surface area (Å²) in [6, 6.07) is 34.8. The molecule has 4 aliphatic heterocycles. The first kappa shape index (κ1) is 44.0. The van der Waals surface area contributed by atoms with Gasteiger partial charge in [0.1, 0.15) is 0 Å². The molecule has 0 radical (unpaired) electrons. The van der Waals surface area contributed by atoms with Crippen LogP contribution in [0.15, 0.2) is 84.9 Å². The van der Waals surface area contributed by atoms with E-state index in [9.17, 15) is 0 Å². The van der Waals surface area contributed by atoms with Gasteiger partial charge in [-0.1, -0.05) is 141 Å². The van der Waals surface area contributed by atoms with Gasteiger partial charge in [0.2, 0.25) is 0 Å². The second-order valence-electron chi connectivity index (χ2n) is 25.8. The van der Waals surface area contributed by atoms with Crippen molar-refractivity contribution in [1.82, 2.24) is 0 Å². The van der Waals surface area contributed by atoms with E-state index in [1.807, 2.05) is 11.3 Å². The zero-order valence-electron chi connectivity index (χ0n) is 44.1.